The van der Waals surface area contributed by atoms with Crippen LogP contribution in [0.5, 0.6) is 0 Å². The molecule has 0 fully saturated rings. The Labute approximate surface area is 112 Å². The molecule has 19 heavy (non-hydrogen) atoms. The van der Waals surface area contributed by atoms with Crippen LogP contribution in [-0.2, 0) is 6.54 Å². The molecular weight excluding hydrogens is 268 g/mol. The van der Waals surface area contributed by atoms with E-state index >= 15 is 0 Å². The number of nitrogen functional groups attached to an aromatic ring is 1. The summed E-state index contributed by atoms with van der Waals surface area (Å²) in [4.78, 5) is 18.0. The first kappa shape index (κ1) is 13.2. The molecule has 2 heterocycles. The Morgan fingerprint density at radius 2 is 2.32 bits per heavy atom. The SMILES string of the molecule is Cc1cscc1CNc1nc(NN)ncc1[N+](=O)[O-]. The minimum atomic E-state index is -0.539. The molecule has 0 atom stereocenters. The van der Waals surface area contributed by atoms with E-state index in [1.807, 2.05) is 17.7 Å². The molecule has 100 valence electrons. The van der Waals surface area contributed by atoms with Gasteiger partial charge in [-0.25, -0.2) is 10.8 Å². The molecule has 0 saturated heterocycles. The van der Waals surface area contributed by atoms with Gasteiger partial charge < -0.3 is 5.32 Å². The van der Waals surface area contributed by atoms with Crippen molar-refractivity contribution in [1.29, 1.82) is 0 Å². The third kappa shape index (κ3) is 2.95. The number of hydrogen-bond acceptors (Lipinski definition) is 8. The summed E-state index contributed by atoms with van der Waals surface area (Å²) in [5.74, 6) is 5.45. The number of aromatic nitrogens is 2. The summed E-state index contributed by atoms with van der Waals surface area (Å²) in [7, 11) is 0. The van der Waals surface area contributed by atoms with Crippen LogP contribution in [-0.4, -0.2) is 14.9 Å². The van der Waals surface area contributed by atoms with Gasteiger partial charge in [0.05, 0.1) is 4.92 Å². The molecule has 0 aliphatic heterocycles. The number of nitro groups is 1. The lowest BCUT2D eigenvalue weighted by atomic mass is 10.2. The van der Waals surface area contributed by atoms with E-state index in [1.165, 1.54) is 0 Å². The Hall–Kier alpha value is -2.26. The number of hydrazine groups is 1. The molecule has 0 amide bonds. The third-order valence-electron chi connectivity index (χ3n) is 2.50. The molecule has 2 aromatic rings. The summed E-state index contributed by atoms with van der Waals surface area (Å²) in [6.07, 6.45) is 1.12. The lowest BCUT2D eigenvalue weighted by Crippen LogP contribution is -2.13. The van der Waals surface area contributed by atoms with E-state index in [2.05, 4.69) is 20.7 Å². The summed E-state index contributed by atoms with van der Waals surface area (Å²) < 4.78 is 0. The van der Waals surface area contributed by atoms with Gasteiger partial charge in [-0.05, 0) is 28.8 Å². The van der Waals surface area contributed by atoms with E-state index in [0.717, 1.165) is 17.3 Å². The number of hydrogen-bond donors (Lipinski definition) is 3. The number of nitrogens with two attached hydrogens (primary N) is 1. The van der Waals surface area contributed by atoms with Gasteiger partial charge in [0, 0.05) is 6.54 Å². The number of thiophene rings is 1. The second kappa shape index (κ2) is 5.59. The van der Waals surface area contributed by atoms with Crippen molar-refractivity contribution >= 4 is 28.8 Å². The molecule has 0 aliphatic carbocycles. The topological polar surface area (TPSA) is 119 Å². The summed E-state index contributed by atoms with van der Waals surface area (Å²) in [6, 6.07) is 0. The zero-order valence-corrected chi connectivity index (χ0v) is 10.9. The van der Waals surface area contributed by atoms with Crippen LogP contribution in [0.2, 0.25) is 0 Å². The average molecular weight is 280 g/mol. The highest BCUT2D eigenvalue weighted by atomic mass is 32.1. The lowest BCUT2D eigenvalue weighted by molar-refractivity contribution is -0.384. The summed E-state index contributed by atoms with van der Waals surface area (Å²) in [6.45, 7) is 2.44. The number of aryl methyl sites for hydroxylation is 1. The highest BCUT2D eigenvalue weighted by Gasteiger charge is 2.17. The van der Waals surface area contributed by atoms with Crippen LogP contribution < -0.4 is 16.6 Å². The Kier molecular flexibility index (Phi) is 3.88. The molecule has 0 aliphatic rings. The van der Waals surface area contributed by atoms with E-state index in [0.29, 0.717) is 6.54 Å². The first-order valence-corrected chi connectivity index (χ1v) is 6.29. The molecule has 0 radical (unpaired) electrons. The standard InChI is InChI=1S/C10H12N6O2S/c1-6-4-19-5-7(6)2-12-9-8(16(17)18)3-13-10(14-9)15-11/h3-5H,2,11H2,1H3,(H2,12,13,14,15). The van der Waals surface area contributed by atoms with Gasteiger partial charge in [-0.15, -0.1) is 0 Å². The van der Waals surface area contributed by atoms with Gasteiger partial charge >= 0.3 is 5.69 Å². The highest BCUT2D eigenvalue weighted by molar-refractivity contribution is 7.08. The van der Waals surface area contributed by atoms with Crippen LogP contribution in [0.3, 0.4) is 0 Å². The van der Waals surface area contributed by atoms with Crippen molar-refractivity contribution in [3.63, 3.8) is 0 Å². The van der Waals surface area contributed by atoms with Crippen molar-refractivity contribution < 1.29 is 4.92 Å². The molecule has 2 rings (SSSR count). The molecule has 0 unspecified atom stereocenters. The zero-order chi connectivity index (χ0) is 13.8. The van der Waals surface area contributed by atoms with Gasteiger partial charge in [0.2, 0.25) is 11.8 Å². The summed E-state index contributed by atoms with van der Waals surface area (Å²) in [5.41, 5.74) is 4.27. The largest absolute Gasteiger partial charge is 0.360 e. The summed E-state index contributed by atoms with van der Waals surface area (Å²) in [5, 5.41) is 17.8. The maximum atomic E-state index is 10.9. The van der Waals surface area contributed by atoms with Crippen molar-refractivity contribution in [2.24, 2.45) is 5.84 Å². The van der Waals surface area contributed by atoms with E-state index < -0.39 is 4.92 Å². The van der Waals surface area contributed by atoms with Crippen LogP contribution in [0.4, 0.5) is 17.5 Å². The van der Waals surface area contributed by atoms with E-state index in [1.54, 1.807) is 11.3 Å². The van der Waals surface area contributed by atoms with Crippen molar-refractivity contribution in [2.75, 3.05) is 10.7 Å². The number of anilines is 2. The van der Waals surface area contributed by atoms with Gasteiger partial charge in [0.15, 0.2) is 0 Å². The predicted octanol–water partition coefficient (Wildman–Crippen LogP) is 1.65. The Morgan fingerprint density at radius 1 is 1.53 bits per heavy atom. The fraction of sp³-hybridized carbons (Fsp3) is 0.200. The predicted molar refractivity (Wildman–Crippen MR) is 72.9 cm³/mol. The van der Waals surface area contributed by atoms with Crippen LogP contribution in [0, 0.1) is 17.0 Å². The van der Waals surface area contributed by atoms with Gasteiger partial charge in [0.25, 0.3) is 0 Å². The molecule has 9 heteroatoms. The van der Waals surface area contributed by atoms with Crippen molar-refractivity contribution in [3.8, 4) is 0 Å². The third-order valence-corrected chi connectivity index (χ3v) is 3.41. The molecule has 8 nitrogen and oxygen atoms in total. The monoisotopic (exact) mass is 280 g/mol. The van der Waals surface area contributed by atoms with Gasteiger partial charge in [-0.1, -0.05) is 0 Å². The van der Waals surface area contributed by atoms with Crippen molar-refractivity contribution in [1.82, 2.24) is 9.97 Å². The Morgan fingerprint density at radius 3 is 2.89 bits per heavy atom. The summed E-state index contributed by atoms with van der Waals surface area (Å²) >= 11 is 1.58. The zero-order valence-electron chi connectivity index (χ0n) is 10.1. The highest BCUT2D eigenvalue weighted by Crippen LogP contribution is 2.23. The molecule has 2 aromatic heterocycles. The van der Waals surface area contributed by atoms with E-state index in [-0.39, 0.29) is 17.5 Å². The fourth-order valence-corrected chi connectivity index (χ4v) is 2.31. The first-order chi connectivity index (χ1) is 9.11. The molecule has 4 N–H and O–H groups in total. The van der Waals surface area contributed by atoms with Crippen molar-refractivity contribution in [3.05, 3.63) is 38.2 Å². The van der Waals surface area contributed by atoms with Crippen LogP contribution >= 0.6 is 11.3 Å². The van der Waals surface area contributed by atoms with Crippen molar-refractivity contribution in [2.45, 2.75) is 13.5 Å². The molecule has 0 bridgehead atoms. The van der Waals surface area contributed by atoms with Gasteiger partial charge in [0.1, 0.15) is 6.20 Å². The van der Waals surface area contributed by atoms with Crippen LogP contribution in [0.25, 0.3) is 0 Å². The molecule has 0 spiro atoms. The van der Waals surface area contributed by atoms with E-state index in [4.69, 9.17) is 5.84 Å². The average Bonchev–Trinajstić information content (AvgIpc) is 2.81. The number of nitrogens with zero attached hydrogens (tertiary/aromatic N) is 3. The van der Waals surface area contributed by atoms with Crippen LogP contribution in [0.1, 0.15) is 11.1 Å². The lowest BCUT2D eigenvalue weighted by Gasteiger charge is -2.07. The number of nitrogens with one attached hydrogen (secondary N) is 2. The first-order valence-electron chi connectivity index (χ1n) is 5.35. The smallest absolute Gasteiger partial charge is 0.329 e. The Balaban J connectivity index is 2.22. The van der Waals surface area contributed by atoms with Gasteiger partial charge in [-0.2, -0.15) is 16.3 Å². The minimum Gasteiger partial charge on any atom is -0.360 e. The maximum absolute atomic E-state index is 10.9. The molecular formula is C10H12N6O2S. The van der Waals surface area contributed by atoms with Crippen LogP contribution in [0.15, 0.2) is 17.0 Å². The Bertz CT molecular complexity index is 599. The van der Waals surface area contributed by atoms with E-state index in [9.17, 15) is 10.1 Å². The minimum absolute atomic E-state index is 0.121. The van der Waals surface area contributed by atoms with Gasteiger partial charge in [-0.3, -0.25) is 15.5 Å². The molecule has 0 aromatic carbocycles. The fourth-order valence-electron chi connectivity index (χ4n) is 1.46. The quantitative estimate of drug-likeness (QED) is 0.433. The molecule has 0 saturated carbocycles. The normalized spacial score (nSPS) is 10.2. The maximum Gasteiger partial charge on any atom is 0.329 e. The second-order valence-electron chi connectivity index (χ2n) is 3.76. The second-order valence-corrected chi connectivity index (χ2v) is 4.51. The number of rotatable bonds is 5.